The average Bonchev–Trinajstić information content (AvgIpc) is 2.65. The molecular formula is C20H17N3O2. The lowest BCUT2D eigenvalue weighted by molar-refractivity contribution is -0.384. The van der Waals surface area contributed by atoms with Gasteiger partial charge in [0, 0.05) is 29.4 Å². The second-order valence-electron chi connectivity index (χ2n) is 6.22. The van der Waals surface area contributed by atoms with E-state index in [2.05, 4.69) is 6.07 Å². The van der Waals surface area contributed by atoms with Gasteiger partial charge in [-0.2, -0.15) is 0 Å². The first-order chi connectivity index (χ1) is 12.2. The number of aryl methyl sites for hydroxylation is 1. The SMILES string of the molecule is O=[N+]([O-])c1ccc(/C=N/c2c3c(nc4ccccc24)CCCC3)cc1. The molecule has 2 aromatic carbocycles. The molecule has 1 heterocycles. The molecule has 0 unspecified atom stereocenters. The first-order valence-electron chi connectivity index (χ1n) is 8.41. The second-order valence-corrected chi connectivity index (χ2v) is 6.22. The van der Waals surface area contributed by atoms with E-state index in [0.717, 1.165) is 47.1 Å². The van der Waals surface area contributed by atoms with E-state index in [1.54, 1.807) is 18.3 Å². The minimum atomic E-state index is -0.395. The summed E-state index contributed by atoms with van der Waals surface area (Å²) in [4.78, 5) is 19.9. The number of rotatable bonds is 3. The number of aliphatic imine (C=N–C) groups is 1. The molecule has 0 atom stereocenters. The van der Waals surface area contributed by atoms with Gasteiger partial charge in [-0.25, -0.2) is 0 Å². The van der Waals surface area contributed by atoms with Crippen LogP contribution in [0.15, 0.2) is 53.5 Å². The molecule has 5 nitrogen and oxygen atoms in total. The number of nitro benzene ring substituents is 1. The van der Waals surface area contributed by atoms with Gasteiger partial charge in [-0.3, -0.25) is 20.1 Å². The van der Waals surface area contributed by atoms with Crippen LogP contribution in [0.2, 0.25) is 0 Å². The molecule has 0 spiro atoms. The van der Waals surface area contributed by atoms with Crippen molar-refractivity contribution in [3.63, 3.8) is 0 Å². The minimum Gasteiger partial charge on any atom is -0.258 e. The molecule has 0 bridgehead atoms. The molecule has 0 amide bonds. The minimum absolute atomic E-state index is 0.0869. The first-order valence-corrected chi connectivity index (χ1v) is 8.41. The Labute approximate surface area is 145 Å². The number of fused-ring (bicyclic) bond motifs is 2. The fourth-order valence-electron chi connectivity index (χ4n) is 3.32. The predicted octanol–water partition coefficient (Wildman–Crippen LogP) is 4.77. The van der Waals surface area contributed by atoms with Crippen LogP contribution in [-0.4, -0.2) is 16.1 Å². The third-order valence-corrected chi connectivity index (χ3v) is 4.59. The van der Waals surface area contributed by atoms with E-state index in [0.29, 0.717) is 0 Å². The van der Waals surface area contributed by atoms with Gasteiger partial charge in [-0.05, 0) is 55.0 Å². The molecule has 0 saturated heterocycles. The molecular weight excluding hydrogens is 314 g/mol. The molecule has 0 radical (unpaired) electrons. The highest BCUT2D eigenvalue weighted by Crippen LogP contribution is 2.35. The van der Waals surface area contributed by atoms with Crippen LogP contribution in [0.3, 0.4) is 0 Å². The zero-order valence-electron chi connectivity index (χ0n) is 13.7. The monoisotopic (exact) mass is 331 g/mol. The smallest absolute Gasteiger partial charge is 0.258 e. The molecule has 0 aliphatic heterocycles. The van der Waals surface area contributed by atoms with Crippen molar-refractivity contribution in [1.82, 2.24) is 4.98 Å². The van der Waals surface area contributed by atoms with Crippen LogP contribution in [0.25, 0.3) is 10.9 Å². The maximum Gasteiger partial charge on any atom is 0.269 e. The lowest BCUT2D eigenvalue weighted by Crippen LogP contribution is -2.06. The molecule has 25 heavy (non-hydrogen) atoms. The predicted molar refractivity (Wildman–Crippen MR) is 98.7 cm³/mol. The summed E-state index contributed by atoms with van der Waals surface area (Å²) in [6.07, 6.45) is 6.11. The summed E-state index contributed by atoms with van der Waals surface area (Å²) in [6.45, 7) is 0. The average molecular weight is 331 g/mol. The fraction of sp³-hybridized carbons (Fsp3) is 0.200. The van der Waals surface area contributed by atoms with E-state index in [1.165, 1.54) is 24.1 Å². The number of nitro groups is 1. The Hall–Kier alpha value is -3.08. The van der Waals surface area contributed by atoms with Crippen LogP contribution in [0.1, 0.15) is 29.7 Å². The normalized spacial score (nSPS) is 13.9. The highest BCUT2D eigenvalue weighted by molar-refractivity contribution is 5.95. The number of non-ortho nitro benzene ring substituents is 1. The van der Waals surface area contributed by atoms with Crippen molar-refractivity contribution in [2.24, 2.45) is 4.99 Å². The quantitative estimate of drug-likeness (QED) is 0.394. The molecule has 0 fully saturated rings. The maximum atomic E-state index is 10.8. The van der Waals surface area contributed by atoms with Gasteiger partial charge in [0.25, 0.3) is 5.69 Å². The van der Waals surface area contributed by atoms with Crippen molar-refractivity contribution in [2.45, 2.75) is 25.7 Å². The van der Waals surface area contributed by atoms with Crippen LogP contribution in [0, 0.1) is 10.1 Å². The van der Waals surface area contributed by atoms with Gasteiger partial charge in [-0.1, -0.05) is 18.2 Å². The number of pyridine rings is 1. The molecule has 124 valence electrons. The molecule has 5 heteroatoms. The molecule has 1 aliphatic carbocycles. The van der Waals surface area contributed by atoms with Crippen molar-refractivity contribution < 1.29 is 4.92 Å². The molecule has 0 N–H and O–H groups in total. The van der Waals surface area contributed by atoms with Gasteiger partial charge in [0.05, 0.1) is 16.1 Å². The van der Waals surface area contributed by atoms with Crippen LogP contribution in [-0.2, 0) is 12.8 Å². The molecule has 4 rings (SSSR count). The maximum absolute atomic E-state index is 10.8. The summed E-state index contributed by atoms with van der Waals surface area (Å²) in [6, 6.07) is 14.5. The van der Waals surface area contributed by atoms with E-state index in [-0.39, 0.29) is 5.69 Å². The van der Waals surface area contributed by atoms with Crippen molar-refractivity contribution in [3.05, 3.63) is 75.5 Å². The van der Waals surface area contributed by atoms with Crippen LogP contribution in [0.5, 0.6) is 0 Å². The number of para-hydroxylation sites is 1. The second kappa shape index (κ2) is 6.43. The van der Waals surface area contributed by atoms with Crippen molar-refractivity contribution >= 4 is 28.5 Å². The zero-order valence-corrected chi connectivity index (χ0v) is 13.7. The number of aromatic nitrogens is 1. The van der Waals surface area contributed by atoms with Gasteiger partial charge >= 0.3 is 0 Å². The molecule has 1 aliphatic rings. The van der Waals surface area contributed by atoms with Gasteiger partial charge in [0.15, 0.2) is 0 Å². The standard InChI is InChI=1S/C20H17N3O2/c24-23(25)15-11-9-14(10-12-15)13-21-20-16-5-1-3-7-18(16)22-19-8-4-2-6-17(19)20/h1,3,5,7,9-13H,2,4,6,8H2/b21-13+. The van der Waals surface area contributed by atoms with Crippen LogP contribution >= 0.6 is 0 Å². The fourth-order valence-corrected chi connectivity index (χ4v) is 3.32. The number of hydrogen-bond acceptors (Lipinski definition) is 4. The number of benzene rings is 2. The molecule has 3 aromatic rings. The molecule has 0 saturated carbocycles. The highest BCUT2D eigenvalue weighted by Gasteiger charge is 2.17. The van der Waals surface area contributed by atoms with Crippen molar-refractivity contribution in [1.29, 1.82) is 0 Å². The molecule has 1 aromatic heterocycles. The lowest BCUT2D eigenvalue weighted by Gasteiger charge is -2.18. The third-order valence-electron chi connectivity index (χ3n) is 4.59. The summed E-state index contributed by atoms with van der Waals surface area (Å²) in [7, 11) is 0. The summed E-state index contributed by atoms with van der Waals surface area (Å²) in [5.74, 6) is 0. The van der Waals surface area contributed by atoms with E-state index in [1.807, 2.05) is 18.2 Å². The van der Waals surface area contributed by atoms with Gasteiger partial charge < -0.3 is 0 Å². The van der Waals surface area contributed by atoms with E-state index >= 15 is 0 Å². The van der Waals surface area contributed by atoms with E-state index in [9.17, 15) is 10.1 Å². The Morgan fingerprint density at radius 1 is 1.04 bits per heavy atom. The largest absolute Gasteiger partial charge is 0.269 e. The Kier molecular flexibility index (Phi) is 3.98. The Bertz CT molecular complexity index is 978. The Morgan fingerprint density at radius 3 is 2.60 bits per heavy atom. The zero-order chi connectivity index (χ0) is 17.2. The third kappa shape index (κ3) is 3.01. The van der Waals surface area contributed by atoms with Gasteiger partial charge in [0.1, 0.15) is 0 Å². The van der Waals surface area contributed by atoms with E-state index in [4.69, 9.17) is 9.98 Å². The van der Waals surface area contributed by atoms with Crippen molar-refractivity contribution in [3.8, 4) is 0 Å². The summed E-state index contributed by atoms with van der Waals surface area (Å²) in [5, 5.41) is 11.8. The topological polar surface area (TPSA) is 68.4 Å². The lowest BCUT2D eigenvalue weighted by atomic mass is 9.93. The van der Waals surface area contributed by atoms with Crippen LogP contribution in [0.4, 0.5) is 11.4 Å². The Balaban J connectivity index is 1.78. The van der Waals surface area contributed by atoms with Crippen LogP contribution < -0.4 is 0 Å². The van der Waals surface area contributed by atoms with Crippen molar-refractivity contribution in [2.75, 3.05) is 0 Å². The summed E-state index contributed by atoms with van der Waals surface area (Å²) >= 11 is 0. The Morgan fingerprint density at radius 2 is 1.80 bits per heavy atom. The van der Waals surface area contributed by atoms with Gasteiger partial charge in [-0.15, -0.1) is 0 Å². The number of hydrogen-bond donors (Lipinski definition) is 0. The summed E-state index contributed by atoms with van der Waals surface area (Å²) < 4.78 is 0. The first kappa shape index (κ1) is 15.4. The summed E-state index contributed by atoms with van der Waals surface area (Å²) in [5.41, 5.74) is 5.28. The van der Waals surface area contributed by atoms with Gasteiger partial charge in [0.2, 0.25) is 0 Å². The van der Waals surface area contributed by atoms with E-state index < -0.39 is 4.92 Å². The highest BCUT2D eigenvalue weighted by atomic mass is 16.6. The number of nitrogens with zero attached hydrogens (tertiary/aromatic N) is 3.